The van der Waals surface area contributed by atoms with Gasteiger partial charge in [-0.2, -0.15) is 11.8 Å². The van der Waals surface area contributed by atoms with E-state index in [0.717, 1.165) is 11.5 Å². The van der Waals surface area contributed by atoms with E-state index in [1.165, 1.54) is 5.56 Å². The van der Waals surface area contributed by atoms with Crippen molar-refractivity contribution < 1.29 is 4.74 Å². The molecule has 0 bridgehead atoms. The number of benzene rings is 1. The molecule has 0 radical (unpaired) electrons. The lowest BCUT2D eigenvalue weighted by atomic mass is 10.2. The van der Waals surface area contributed by atoms with Crippen LogP contribution in [-0.4, -0.2) is 12.9 Å². The Balaban J connectivity index is 2.67. The highest BCUT2D eigenvalue weighted by Crippen LogP contribution is 2.28. The van der Waals surface area contributed by atoms with Crippen molar-refractivity contribution in [3.05, 3.63) is 29.8 Å². The quantitative estimate of drug-likeness (QED) is 0.728. The summed E-state index contributed by atoms with van der Waals surface area (Å²) in [5.41, 5.74) is 1.37. The summed E-state index contributed by atoms with van der Waals surface area (Å²) < 4.78 is 5.10. The highest BCUT2D eigenvalue weighted by atomic mass is 32.2. The van der Waals surface area contributed by atoms with Crippen LogP contribution in [0.25, 0.3) is 0 Å². The molecule has 1 nitrogen and oxygen atoms in total. The Kier molecular flexibility index (Phi) is 4.16. The van der Waals surface area contributed by atoms with Gasteiger partial charge in [0.1, 0.15) is 5.75 Å². The minimum Gasteiger partial charge on any atom is -0.497 e. The summed E-state index contributed by atoms with van der Waals surface area (Å²) in [5, 5.41) is 0.580. The van der Waals surface area contributed by atoms with E-state index in [1.54, 1.807) is 7.11 Å². The zero-order valence-corrected chi connectivity index (χ0v) is 9.23. The number of methoxy groups -OCH3 is 1. The molecule has 2 heteroatoms. The molecule has 0 aliphatic carbocycles. The molecule has 0 spiro atoms. The fraction of sp³-hybridized carbons (Fsp3) is 0.455. The van der Waals surface area contributed by atoms with Crippen LogP contribution in [0.15, 0.2) is 24.3 Å². The average Bonchev–Trinajstić information content (AvgIpc) is 2.18. The van der Waals surface area contributed by atoms with E-state index < -0.39 is 0 Å². The van der Waals surface area contributed by atoms with Gasteiger partial charge in [0.15, 0.2) is 0 Å². The summed E-state index contributed by atoms with van der Waals surface area (Å²) >= 11 is 1.96. The van der Waals surface area contributed by atoms with Crippen molar-refractivity contribution in [2.75, 3.05) is 12.9 Å². The van der Waals surface area contributed by atoms with Gasteiger partial charge in [-0.15, -0.1) is 0 Å². The lowest BCUT2D eigenvalue weighted by Crippen LogP contribution is -1.89. The van der Waals surface area contributed by atoms with Crippen molar-refractivity contribution in [1.29, 1.82) is 0 Å². The lowest BCUT2D eigenvalue weighted by Gasteiger charge is -2.10. The fourth-order valence-corrected chi connectivity index (χ4v) is 2.07. The Labute approximate surface area is 84.5 Å². The largest absolute Gasteiger partial charge is 0.497 e. The van der Waals surface area contributed by atoms with Gasteiger partial charge < -0.3 is 4.74 Å². The molecule has 72 valence electrons. The summed E-state index contributed by atoms with van der Waals surface area (Å²) in [4.78, 5) is 0. The molecule has 0 amide bonds. The van der Waals surface area contributed by atoms with Crippen LogP contribution in [0.5, 0.6) is 5.75 Å². The molecule has 1 rings (SSSR count). The third-order valence-corrected chi connectivity index (χ3v) is 3.11. The molecule has 13 heavy (non-hydrogen) atoms. The minimum atomic E-state index is 0.580. The Hall–Kier alpha value is -0.630. The highest BCUT2D eigenvalue weighted by molar-refractivity contribution is 7.99. The molecular weight excluding hydrogens is 180 g/mol. The van der Waals surface area contributed by atoms with Gasteiger partial charge in [0.05, 0.1) is 7.11 Å². The number of rotatable bonds is 4. The van der Waals surface area contributed by atoms with Crippen LogP contribution in [0.2, 0.25) is 0 Å². The molecule has 0 aliphatic rings. The van der Waals surface area contributed by atoms with Crippen LogP contribution in [0.1, 0.15) is 24.7 Å². The summed E-state index contributed by atoms with van der Waals surface area (Å²) in [7, 11) is 1.69. The van der Waals surface area contributed by atoms with E-state index in [1.807, 2.05) is 23.9 Å². The molecule has 0 saturated heterocycles. The minimum absolute atomic E-state index is 0.580. The zero-order valence-electron chi connectivity index (χ0n) is 8.41. The smallest absolute Gasteiger partial charge is 0.118 e. The van der Waals surface area contributed by atoms with Gasteiger partial charge in [-0.05, 0) is 30.4 Å². The van der Waals surface area contributed by atoms with Crippen molar-refractivity contribution in [1.82, 2.24) is 0 Å². The van der Waals surface area contributed by atoms with E-state index in [-0.39, 0.29) is 0 Å². The normalized spacial score (nSPS) is 12.5. The van der Waals surface area contributed by atoms with Crippen LogP contribution in [0, 0.1) is 0 Å². The number of hydrogen-bond acceptors (Lipinski definition) is 2. The van der Waals surface area contributed by atoms with Crippen molar-refractivity contribution in [3.63, 3.8) is 0 Å². The van der Waals surface area contributed by atoms with Crippen LogP contribution < -0.4 is 4.74 Å². The third-order valence-electron chi connectivity index (χ3n) is 2.00. The topological polar surface area (TPSA) is 9.23 Å². The van der Waals surface area contributed by atoms with Gasteiger partial charge in [0, 0.05) is 5.25 Å². The molecule has 0 heterocycles. The molecule has 0 fully saturated rings. The number of hydrogen-bond donors (Lipinski definition) is 0. The van der Waals surface area contributed by atoms with Crippen LogP contribution in [0.3, 0.4) is 0 Å². The molecule has 0 aliphatic heterocycles. The maximum absolute atomic E-state index is 5.10. The van der Waals surface area contributed by atoms with Gasteiger partial charge in [0.2, 0.25) is 0 Å². The highest BCUT2D eigenvalue weighted by Gasteiger charge is 2.03. The molecule has 1 aromatic carbocycles. The Morgan fingerprint density at radius 2 is 1.92 bits per heavy atom. The maximum Gasteiger partial charge on any atom is 0.118 e. The van der Waals surface area contributed by atoms with Gasteiger partial charge in [-0.3, -0.25) is 0 Å². The summed E-state index contributed by atoms with van der Waals surface area (Å²) in [6.07, 6.45) is 0. The van der Waals surface area contributed by atoms with Crippen molar-refractivity contribution in [3.8, 4) is 5.75 Å². The Morgan fingerprint density at radius 1 is 1.31 bits per heavy atom. The van der Waals surface area contributed by atoms with Gasteiger partial charge in [-0.1, -0.05) is 19.1 Å². The summed E-state index contributed by atoms with van der Waals surface area (Å²) in [5.74, 6) is 2.09. The van der Waals surface area contributed by atoms with Crippen molar-refractivity contribution in [2.24, 2.45) is 0 Å². The van der Waals surface area contributed by atoms with E-state index in [9.17, 15) is 0 Å². The molecule has 0 N–H and O–H groups in total. The van der Waals surface area contributed by atoms with E-state index >= 15 is 0 Å². The second-order valence-electron chi connectivity index (χ2n) is 2.87. The van der Waals surface area contributed by atoms with Gasteiger partial charge in [0.25, 0.3) is 0 Å². The predicted octanol–water partition coefficient (Wildman–Crippen LogP) is 3.51. The molecule has 0 unspecified atom stereocenters. The van der Waals surface area contributed by atoms with Gasteiger partial charge in [-0.25, -0.2) is 0 Å². The molecule has 0 aromatic heterocycles. The SMILES string of the molecule is CCS[C@H](C)c1ccc(OC)cc1. The lowest BCUT2D eigenvalue weighted by molar-refractivity contribution is 0.414. The molecule has 0 saturated carbocycles. The van der Waals surface area contributed by atoms with E-state index in [4.69, 9.17) is 4.74 Å². The Morgan fingerprint density at radius 3 is 2.38 bits per heavy atom. The summed E-state index contributed by atoms with van der Waals surface area (Å²) in [6.45, 7) is 4.42. The van der Waals surface area contributed by atoms with Crippen molar-refractivity contribution >= 4 is 11.8 Å². The fourth-order valence-electron chi connectivity index (χ4n) is 1.22. The number of ether oxygens (including phenoxy) is 1. The molecule has 1 aromatic rings. The zero-order chi connectivity index (χ0) is 9.68. The maximum atomic E-state index is 5.10. The third kappa shape index (κ3) is 2.96. The van der Waals surface area contributed by atoms with E-state index in [2.05, 4.69) is 26.0 Å². The second kappa shape index (κ2) is 5.18. The van der Waals surface area contributed by atoms with Crippen LogP contribution in [0.4, 0.5) is 0 Å². The van der Waals surface area contributed by atoms with Gasteiger partial charge >= 0.3 is 0 Å². The average molecular weight is 196 g/mol. The van der Waals surface area contributed by atoms with Crippen molar-refractivity contribution in [2.45, 2.75) is 19.1 Å². The first-order valence-electron chi connectivity index (χ1n) is 4.53. The predicted molar refractivity (Wildman–Crippen MR) is 59.5 cm³/mol. The van der Waals surface area contributed by atoms with Crippen LogP contribution >= 0.6 is 11.8 Å². The molecule has 1 atom stereocenters. The first kappa shape index (κ1) is 10.5. The van der Waals surface area contributed by atoms with E-state index in [0.29, 0.717) is 5.25 Å². The first-order valence-corrected chi connectivity index (χ1v) is 5.58. The standard InChI is InChI=1S/C11H16OS/c1-4-13-9(2)10-5-7-11(12-3)8-6-10/h5-9H,4H2,1-3H3/t9-/m1/s1. The molecular formula is C11H16OS. The first-order chi connectivity index (χ1) is 6.27. The Bertz CT molecular complexity index is 243. The monoisotopic (exact) mass is 196 g/mol. The summed E-state index contributed by atoms with van der Waals surface area (Å²) in [6, 6.07) is 8.29. The van der Waals surface area contributed by atoms with Crippen LogP contribution in [-0.2, 0) is 0 Å². The second-order valence-corrected chi connectivity index (χ2v) is 4.49. The number of thioether (sulfide) groups is 1.